The molecule has 2 aromatic carbocycles. The van der Waals surface area contributed by atoms with Gasteiger partial charge in [0.2, 0.25) is 11.8 Å². The number of amides is 2. The van der Waals surface area contributed by atoms with E-state index in [2.05, 4.69) is 23.6 Å². The normalized spacial score (nSPS) is 15.0. The van der Waals surface area contributed by atoms with Crippen molar-refractivity contribution in [3.8, 4) is 17.2 Å². The molecule has 0 aromatic heterocycles. The van der Waals surface area contributed by atoms with Gasteiger partial charge in [-0.3, -0.25) is 9.59 Å². The molecular weight excluding hydrogens is 386 g/mol. The predicted octanol–water partition coefficient (Wildman–Crippen LogP) is 4.85. The Hall–Kier alpha value is -3.13. The van der Waals surface area contributed by atoms with E-state index in [0.717, 1.165) is 48.8 Å². The van der Waals surface area contributed by atoms with Crippen LogP contribution in [0.3, 0.4) is 0 Å². The molecule has 5 heteroatoms. The van der Waals surface area contributed by atoms with E-state index >= 15 is 0 Å². The molecule has 2 aromatic rings. The van der Waals surface area contributed by atoms with Crippen molar-refractivity contribution >= 4 is 11.8 Å². The van der Waals surface area contributed by atoms with Gasteiger partial charge < -0.3 is 10.6 Å². The lowest BCUT2D eigenvalue weighted by Crippen LogP contribution is -2.59. The standard InChI is InChI=1S/C26H31N3O2/c1-2-3-12-24(30)29-26(15-8-5-9-16-26)25(31)28-19-20-13-14-23(22(17-20)18-27)21-10-6-4-7-11-21/h4,6-7,10-11,13-14,17H,2-3,5,8-9,12,15-16,19H2,1H3,(H,28,31)(H,29,30). The summed E-state index contributed by atoms with van der Waals surface area (Å²) >= 11 is 0. The number of benzene rings is 2. The molecule has 2 N–H and O–H groups in total. The second kappa shape index (κ2) is 10.8. The fourth-order valence-corrected chi connectivity index (χ4v) is 4.25. The van der Waals surface area contributed by atoms with Gasteiger partial charge in [-0.05, 0) is 42.0 Å². The molecule has 1 saturated carbocycles. The Labute approximate surface area is 184 Å². The van der Waals surface area contributed by atoms with E-state index in [0.29, 0.717) is 31.4 Å². The Balaban J connectivity index is 1.70. The molecule has 1 fully saturated rings. The molecule has 162 valence electrons. The van der Waals surface area contributed by atoms with Crippen LogP contribution in [0, 0.1) is 11.3 Å². The first-order chi connectivity index (χ1) is 15.1. The van der Waals surface area contributed by atoms with Crippen molar-refractivity contribution in [1.82, 2.24) is 10.6 Å². The second-order valence-electron chi connectivity index (χ2n) is 8.33. The molecule has 5 nitrogen and oxygen atoms in total. The Morgan fingerprint density at radius 1 is 1.06 bits per heavy atom. The van der Waals surface area contributed by atoms with Gasteiger partial charge >= 0.3 is 0 Å². The number of hydrogen-bond acceptors (Lipinski definition) is 3. The molecule has 0 heterocycles. The summed E-state index contributed by atoms with van der Waals surface area (Å²) in [5, 5.41) is 15.7. The lowest BCUT2D eigenvalue weighted by Gasteiger charge is -2.36. The molecule has 0 atom stereocenters. The molecule has 0 unspecified atom stereocenters. The number of nitriles is 1. The molecule has 2 amide bonds. The lowest BCUT2D eigenvalue weighted by molar-refractivity contribution is -0.135. The topological polar surface area (TPSA) is 82.0 Å². The maximum atomic E-state index is 13.2. The zero-order valence-corrected chi connectivity index (χ0v) is 18.2. The average molecular weight is 418 g/mol. The third-order valence-electron chi connectivity index (χ3n) is 6.02. The van der Waals surface area contributed by atoms with E-state index in [9.17, 15) is 14.9 Å². The summed E-state index contributed by atoms with van der Waals surface area (Å²) in [4.78, 5) is 25.5. The summed E-state index contributed by atoms with van der Waals surface area (Å²) in [6, 6.07) is 17.8. The third kappa shape index (κ3) is 5.73. The summed E-state index contributed by atoms with van der Waals surface area (Å²) in [5.41, 5.74) is 2.51. The molecule has 1 aliphatic rings. The van der Waals surface area contributed by atoms with Crippen molar-refractivity contribution in [2.75, 3.05) is 0 Å². The summed E-state index contributed by atoms with van der Waals surface area (Å²) in [5.74, 6) is -0.166. The van der Waals surface area contributed by atoms with Gasteiger partial charge in [-0.1, -0.05) is 75.1 Å². The van der Waals surface area contributed by atoms with Crippen LogP contribution in [0.4, 0.5) is 0 Å². The molecule has 0 saturated heterocycles. The van der Waals surface area contributed by atoms with Gasteiger partial charge in [-0.15, -0.1) is 0 Å². The minimum atomic E-state index is -0.814. The summed E-state index contributed by atoms with van der Waals surface area (Å²) in [6.07, 6.45) is 6.54. The predicted molar refractivity (Wildman–Crippen MR) is 122 cm³/mol. The number of hydrogen-bond donors (Lipinski definition) is 2. The van der Waals surface area contributed by atoms with Crippen LogP contribution >= 0.6 is 0 Å². The molecule has 31 heavy (non-hydrogen) atoms. The second-order valence-corrected chi connectivity index (χ2v) is 8.33. The van der Waals surface area contributed by atoms with E-state index in [-0.39, 0.29) is 11.8 Å². The Bertz CT molecular complexity index is 941. The minimum Gasteiger partial charge on any atom is -0.350 e. The number of carbonyl (C=O) groups is 2. The first-order valence-corrected chi connectivity index (χ1v) is 11.3. The van der Waals surface area contributed by atoms with Crippen LogP contribution in [-0.2, 0) is 16.1 Å². The zero-order valence-electron chi connectivity index (χ0n) is 18.2. The largest absolute Gasteiger partial charge is 0.350 e. The highest BCUT2D eigenvalue weighted by Gasteiger charge is 2.40. The summed E-state index contributed by atoms with van der Waals surface area (Å²) in [7, 11) is 0. The van der Waals surface area contributed by atoms with Gasteiger partial charge in [0.25, 0.3) is 0 Å². The van der Waals surface area contributed by atoms with Gasteiger partial charge in [-0.25, -0.2) is 0 Å². The Kier molecular flexibility index (Phi) is 7.83. The number of rotatable bonds is 8. The Morgan fingerprint density at radius 3 is 2.48 bits per heavy atom. The van der Waals surface area contributed by atoms with Crippen molar-refractivity contribution < 1.29 is 9.59 Å². The number of carbonyl (C=O) groups excluding carboxylic acids is 2. The highest BCUT2D eigenvalue weighted by molar-refractivity contribution is 5.91. The van der Waals surface area contributed by atoms with Crippen molar-refractivity contribution in [2.45, 2.75) is 70.4 Å². The maximum Gasteiger partial charge on any atom is 0.246 e. The highest BCUT2D eigenvalue weighted by Crippen LogP contribution is 2.29. The highest BCUT2D eigenvalue weighted by atomic mass is 16.2. The lowest BCUT2D eigenvalue weighted by atomic mass is 9.80. The van der Waals surface area contributed by atoms with Crippen LogP contribution in [0.5, 0.6) is 0 Å². The van der Waals surface area contributed by atoms with Gasteiger partial charge in [0.1, 0.15) is 5.54 Å². The van der Waals surface area contributed by atoms with Crippen molar-refractivity contribution in [3.63, 3.8) is 0 Å². The van der Waals surface area contributed by atoms with Crippen LogP contribution in [0.1, 0.15) is 69.4 Å². The minimum absolute atomic E-state index is 0.0436. The molecule has 0 bridgehead atoms. The van der Waals surface area contributed by atoms with E-state index < -0.39 is 5.54 Å². The van der Waals surface area contributed by atoms with Crippen LogP contribution < -0.4 is 10.6 Å². The van der Waals surface area contributed by atoms with Gasteiger partial charge in [0, 0.05) is 13.0 Å². The van der Waals surface area contributed by atoms with Crippen LogP contribution in [0.25, 0.3) is 11.1 Å². The molecule has 0 aliphatic heterocycles. The molecule has 0 spiro atoms. The van der Waals surface area contributed by atoms with Gasteiger partial charge in [-0.2, -0.15) is 5.26 Å². The van der Waals surface area contributed by atoms with Gasteiger partial charge in [0.15, 0.2) is 0 Å². The third-order valence-corrected chi connectivity index (χ3v) is 6.02. The monoisotopic (exact) mass is 417 g/mol. The van der Waals surface area contributed by atoms with Crippen LogP contribution in [0.2, 0.25) is 0 Å². The zero-order chi connectivity index (χ0) is 22.1. The summed E-state index contributed by atoms with van der Waals surface area (Å²) < 4.78 is 0. The quantitative estimate of drug-likeness (QED) is 0.644. The van der Waals surface area contributed by atoms with Crippen molar-refractivity contribution in [3.05, 3.63) is 59.7 Å². The number of nitrogens with one attached hydrogen (secondary N) is 2. The van der Waals surface area contributed by atoms with Crippen LogP contribution in [0.15, 0.2) is 48.5 Å². The molecule has 1 aliphatic carbocycles. The van der Waals surface area contributed by atoms with Crippen LogP contribution in [-0.4, -0.2) is 17.4 Å². The SMILES string of the molecule is CCCCC(=O)NC1(C(=O)NCc2ccc(-c3ccccc3)c(C#N)c2)CCCCC1. The van der Waals surface area contributed by atoms with E-state index in [1.807, 2.05) is 48.5 Å². The number of unbranched alkanes of at least 4 members (excludes halogenated alkanes) is 1. The molecule has 0 radical (unpaired) electrons. The maximum absolute atomic E-state index is 13.2. The number of nitrogens with zero attached hydrogens (tertiary/aromatic N) is 1. The van der Waals surface area contributed by atoms with E-state index in [4.69, 9.17) is 0 Å². The van der Waals surface area contributed by atoms with Crippen molar-refractivity contribution in [1.29, 1.82) is 5.26 Å². The fourth-order valence-electron chi connectivity index (χ4n) is 4.25. The smallest absolute Gasteiger partial charge is 0.246 e. The van der Waals surface area contributed by atoms with Crippen molar-refractivity contribution in [2.24, 2.45) is 0 Å². The first-order valence-electron chi connectivity index (χ1n) is 11.3. The molecular formula is C26H31N3O2. The van der Waals surface area contributed by atoms with E-state index in [1.165, 1.54) is 0 Å². The molecule has 3 rings (SSSR count). The average Bonchev–Trinajstić information content (AvgIpc) is 2.82. The Morgan fingerprint density at radius 2 is 1.81 bits per heavy atom. The van der Waals surface area contributed by atoms with E-state index in [1.54, 1.807) is 0 Å². The fraction of sp³-hybridized carbons (Fsp3) is 0.423. The first kappa shape index (κ1) is 22.6. The van der Waals surface area contributed by atoms with Gasteiger partial charge in [0.05, 0.1) is 11.6 Å². The summed E-state index contributed by atoms with van der Waals surface area (Å²) in [6.45, 7) is 2.38.